The summed E-state index contributed by atoms with van der Waals surface area (Å²) in [7, 11) is 0. The lowest BCUT2D eigenvalue weighted by Gasteiger charge is -2.56. The van der Waals surface area contributed by atoms with Gasteiger partial charge in [-0.25, -0.2) is 4.98 Å². The Morgan fingerprint density at radius 2 is 1.85 bits per heavy atom. The van der Waals surface area contributed by atoms with E-state index >= 15 is 0 Å². The molecule has 34 heavy (non-hydrogen) atoms. The Morgan fingerprint density at radius 3 is 2.53 bits per heavy atom. The molecule has 4 aliphatic rings. The zero-order chi connectivity index (χ0) is 23.4. The SMILES string of the molecule is CCCCn1c(=O)c(C(=O)Nc2nc(C34CC5CC(CC(C5)C3)C4)cs2)c(O)c2ccccc21. The van der Waals surface area contributed by atoms with Crippen LogP contribution in [0.25, 0.3) is 10.9 Å². The second-order valence-corrected chi connectivity index (χ2v) is 11.6. The summed E-state index contributed by atoms with van der Waals surface area (Å²) < 4.78 is 1.61. The van der Waals surface area contributed by atoms with E-state index in [2.05, 4.69) is 17.6 Å². The minimum atomic E-state index is -0.593. The number of aryl methyl sites for hydroxylation is 1. The minimum absolute atomic E-state index is 0.159. The number of pyridine rings is 1. The van der Waals surface area contributed by atoms with Crippen LogP contribution < -0.4 is 10.9 Å². The van der Waals surface area contributed by atoms with Crippen molar-refractivity contribution >= 4 is 33.3 Å². The second kappa shape index (κ2) is 8.22. The fourth-order valence-electron chi connectivity index (χ4n) is 7.29. The van der Waals surface area contributed by atoms with Crippen molar-refractivity contribution in [3.8, 4) is 5.75 Å². The van der Waals surface area contributed by atoms with Crippen molar-refractivity contribution in [1.82, 2.24) is 9.55 Å². The van der Waals surface area contributed by atoms with Gasteiger partial charge in [0, 0.05) is 22.7 Å². The van der Waals surface area contributed by atoms with Crippen LogP contribution in [0.15, 0.2) is 34.4 Å². The summed E-state index contributed by atoms with van der Waals surface area (Å²) in [5.41, 5.74) is 1.25. The van der Waals surface area contributed by atoms with E-state index in [-0.39, 0.29) is 16.7 Å². The number of thiazole rings is 1. The van der Waals surface area contributed by atoms with Crippen LogP contribution in [0.3, 0.4) is 0 Å². The normalized spacial score (nSPS) is 27.4. The molecule has 0 spiro atoms. The predicted octanol–water partition coefficient (Wildman–Crippen LogP) is 5.68. The Morgan fingerprint density at radius 1 is 1.18 bits per heavy atom. The summed E-state index contributed by atoms with van der Waals surface area (Å²) in [6.07, 6.45) is 9.50. The van der Waals surface area contributed by atoms with Crippen molar-refractivity contribution in [2.24, 2.45) is 17.8 Å². The molecule has 0 saturated heterocycles. The van der Waals surface area contributed by atoms with Crippen molar-refractivity contribution < 1.29 is 9.90 Å². The highest BCUT2D eigenvalue weighted by Gasteiger charge is 2.52. The number of anilines is 1. The van der Waals surface area contributed by atoms with Crippen molar-refractivity contribution in [3.05, 3.63) is 51.3 Å². The molecule has 1 aromatic carbocycles. The van der Waals surface area contributed by atoms with Crippen LogP contribution in [-0.2, 0) is 12.0 Å². The standard InChI is InChI=1S/C27H31N3O3S/c1-2-3-8-30-20-7-5-4-6-19(20)23(31)22(25(30)33)24(32)29-26-28-21(15-34-26)27-12-16-9-17(13-27)11-18(10-16)14-27/h4-7,15-18,31H,2-3,8-14H2,1H3,(H,28,29,32). The molecule has 4 fully saturated rings. The smallest absolute Gasteiger partial charge is 0.267 e. The Labute approximate surface area is 203 Å². The first-order chi connectivity index (χ1) is 16.5. The van der Waals surface area contributed by atoms with E-state index < -0.39 is 11.5 Å². The lowest BCUT2D eigenvalue weighted by atomic mass is 9.49. The van der Waals surface area contributed by atoms with Gasteiger partial charge in [-0.1, -0.05) is 25.5 Å². The maximum absolute atomic E-state index is 13.3. The van der Waals surface area contributed by atoms with Gasteiger partial charge in [-0.2, -0.15) is 0 Å². The molecule has 0 atom stereocenters. The maximum atomic E-state index is 13.3. The topological polar surface area (TPSA) is 84.2 Å². The van der Waals surface area contributed by atoms with Crippen LogP contribution in [0.4, 0.5) is 5.13 Å². The van der Waals surface area contributed by atoms with Gasteiger partial charge in [0.25, 0.3) is 11.5 Å². The average Bonchev–Trinajstić information content (AvgIpc) is 3.28. The molecule has 4 bridgehead atoms. The van der Waals surface area contributed by atoms with Crippen molar-refractivity contribution in [2.75, 3.05) is 5.32 Å². The number of unbranched alkanes of at least 4 members (excludes halogenated alkanes) is 1. The van der Waals surface area contributed by atoms with E-state index in [1.807, 2.05) is 12.1 Å². The predicted molar refractivity (Wildman–Crippen MR) is 135 cm³/mol. The maximum Gasteiger partial charge on any atom is 0.267 e. The van der Waals surface area contributed by atoms with Crippen LogP contribution in [-0.4, -0.2) is 20.6 Å². The summed E-state index contributed by atoms with van der Waals surface area (Å²) >= 11 is 1.42. The largest absolute Gasteiger partial charge is 0.506 e. The Kier molecular flexibility index (Phi) is 5.28. The van der Waals surface area contributed by atoms with E-state index in [0.717, 1.165) is 36.3 Å². The molecule has 178 valence electrons. The number of aromatic hydroxyl groups is 1. The second-order valence-electron chi connectivity index (χ2n) is 10.7. The molecule has 3 aromatic rings. The Hall–Kier alpha value is -2.67. The van der Waals surface area contributed by atoms with Crippen LogP contribution >= 0.6 is 11.3 Å². The summed E-state index contributed by atoms with van der Waals surface area (Å²) in [6.45, 7) is 2.56. The molecule has 7 rings (SSSR count). The molecule has 0 radical (unpaired) electrons. The number of carbonyl (C=O) groups is 1. The number of nitrogens with one attached hydrogen (secondary N) is 1. The van der Waals surface area contributed by atoms with E-state index in [9.17, 15) is 14.7 Å². The lowest BCUT2D eigenvalue weighted by Crippen LogP contribution is -2.48. The molecule has 0 unspecified atom stereocenters. The van der Waals surface area contributed by atoms with Crippen LogP contribution in [0, 0.1) is 17.8 Å². The van der Waals surface area contributed by atoms with E-state index in [1.54, 1.807) is 16.7 Å². The number of para-hydroxylation sites is 1. The highest BCUT2D eigenvalue weighted by molar-refractivity contribution is 7.14. The highest BCUT2D eigenvalue weighted by Crippen LogP contribution is 2.60. The zero-order valence-electron chi connectivity index (χ0n) is 19.5. The summed E-state index contributed by atoms with van der Waals surface area (Å²) in [5.74, 6) is 1.61. The van der Waals surface area contributed by atoms with Crippen LogP contribution in [0.2, 0.25) is 0 Å². The average molecular weight is 478 g/mol. The molecule has 0 aliphatic heterocycles. The molecule has 4 aliphatic carbocycles. The van der Waals surface area contributed by atoms with Crippen LogP contribution in [0.5, 0.6) is 5.75 Å². The molecule has 6 nitrogen and oxygen atoms in total. The van der Waals surface area contributed by atoms with E-state index in [4.69, 9.17) is 4.98 Å². The molecule has 2 N–H and O–H groups in total. The first-order valence-electron chi connectivity index (χ1n) is 12.6. The number of benzene rings is 1. The summed E-state index contributed by atoms with van der Waals surface area (Å²) in [4.78, 5) is 31.4. The number of aromatic nitrogens is 2. The third-order valence-electron chi connectivity index (χ3n) is 8.41. The van der Waals surface area contributed by atoms with Gasteiger partial charge >= 0.3 is 0 Å². The molecular formula is C27H31N3O3S. The fraction of sp³-hybridized carbons (Fsp3) is 0.519. The van der Waals surface area contributed by atoms with Gasteiger partial charge in [-0.3, -0.25) is 14.9 Å². The van der Waals surface area contributed by atoms with Gasteiger partial charge < -0.3 is 9.67 Å². The highest BCUT2D eigenvalue weighted by atomic mass is 32.1. The number of nitrogens with zero attached hydrogens (tertiary/aromatic N) is 2. The number of fused-ring (bicyclic) bond motifs is 1. The van der Waals surface area contributed by atoms with Crippen molar-refractivity contribution in [3.63, 3.8) is 0 Å². The molecule has 2 heterocycles. The van der Waals surface area contributed by atoms with Crippen molar-refractivity contribution in [2.45, 2.75) is 70.3 Å². The third kappa shape index (κ3) is 3.47. The quantitative estimate of drug-likeness (QED) is 0.478. The van der Waals surface area contributed by atoms with Crippen molar-refractivity contribution in [1.29, 1.82) is 0 Å². The number of carbonyl (C=O) groups excluding carboxylic acids is 1. The zero-order valence-corrected chi connectivity index (χ0v) is 20.4. The van der Waals surface area contributed by atoms with E-state index in [1.165, 1.54) is 49.9 Å². The first kappa shape index (κ1) is 21.8. The monoisotopic (exact) mass is 477 g/mol. The molecule has 1 amide bonds. The molecule has 7 heteroatoms. The van der Waals surface area contributed by atoms with E-state index in [0.29, 0.717) is 22.6 Å². The molecule has 2 aromatic heterocycles. The number of hydrogen-bond acceptors (Lipinski definition) is 5. The number of rotatable bonds is 6. The summed E-state index contributed by atoms with van der Waals surface area (Å²) in [5, 5.41) is 16.8. The Bertz CT molecular complexity index is 1290. The third-order valence-corrected chi connectivity index (χ3v) is 9.17. The Balaban J connectivity index is 1.31. The number of hydrogen-bond donors (Lipinski definition) is 2. The van der Waals surface area contributed by atoms with Gasteiger partial charge in [0.1, 0.15) is 11.3 Å². The fourth-order valence-corrected chi connectivity index (χ4v) is 8.12. The van der Waals surface area contributed by atoms with Gasteiger partial charge in [0.05, 0.1) is 11.2 Å². The lowest BCUT2D eigenvalue weighted by molar-refractivity contribution is -0.00688. The van der Waals surface area contributed by atoms with Gasteiger partial charge in [0.15, 0.2) is 5.13 Å². The van der Waals surface area contributed by atoms with Gasteiger partial charge in [0.2, 0.25) is 0 Å². The molecule has 4 saturated carbocycles. The summed E-state index contributed by atoms with van der Waals surface area (Å²) in [6, 6.07) is 7.20. The minimum Gasteiger partial charge on any atom is -0.506 e. The molecular weight excluding hydrogens is 446 g/mol. The van der Waals surface area contributed by atoms with Gasteiger partial charge in [-0.05, 0) is 74.8 Å². The van der Waals surface area contributed by atoms with Gasteiger partial charge in [-0.15, -0.1) is 11.3 Å². The number of amides is 1. The first-order valence-corrected chi connectivity index (χ1v) is 13.5. The van der Waals surface area contributed by atoms with Crippen LogP contribution in [0.1, 0.15) is 74.3 Å².